The van der Waals surface area contributed by atoms with Gasteiger partial charge in [0.2, 0.25) is 5.91 Å². The lowest BCUT2D eigenvalue weighted by molar-refractivity contribution is -0.384. The topological polar surface area (TPSA) is 128 Å². The minimum atomic E-state index is -0.553. The molecule has 170 valence electrons. The van der Waals surface area contributed by atoms with E-state index in [0.717, 1.165) is 22.6 Å². The van der Waals surface area contributed by atoms with E-state index in [-0.39, 0.29) is 23.7 Å². The van der Waals surface area contributed by atoms with Crippen LogP contribution in [0.2, 0.25) is 0 Å². The first kappa shape index (κ1) is 22.3. The van der Waals surface area contributed by atoms with Crippen LogP contribution >= 0.6 is 11.8 Å². The molecule has 11 heteroatoms. The molecule has 0 saturated heterocycles. The van der Waals surface area contributed by atoms with E-state index in [1.54, 1.807) is 18.9 Å². The zero-order valence-electron chi connectivity index (χ0n) is 17.7. The number of non-ortho nitro benzene ring substituents is 1. The molecule has 4 rings (SSSR count). The molecule has 0 radical (unpaired) electrons. The summed E-state index contributed by atoms with van der Waals surface area (Å²) in [5, 5.41) is 21.2. The lowest BCUT2D eigenvalue weighted by atomic mass is 10.2. The Bertz CT molecular complexity index is 1210. The lowest BCUT2D eigenvalue weighted by Gasteiger charge is -2.12. The summed E-state index contributed by atoms with van der Waals surface area (Å²) >= 11 is 1.66. The third kappa shape index (κ3) is 5.14. The van der Waals surface area contributed by atoms with Crippen LogP contribution in [0.5, 0.6) is 5.75 Å². The molecule has 1 aromatic heterocycles. The van der Waals surface area contributed by atoms with Crippen LogP contribution in [0.3, 0.4) is 0 Å². The number of carbonyl (C=O) groups excluding carboxylic acids is 2. The smallest absolute Gasteiger partial charge is 0.270 e. The summed E-state index contributed by atoms with van der Waals surface area (Å²) in [6, 6.07) is 12.9. The van der Waals surface area contributed by atoms with Crippen LogP contribution in [0.25, 0.3) is 0 Å². The van der Waals surface area contributed by atoms with Gasteiger partial charge in [0.25, 0.3) is 11.6 Å². The number of hydrogen-bond donors (Lipinski definition) is 2. The van der Waals surface area contributed by atoms with Crippen molar-refractivity contribution in [1.29, 1.82) is 0 Å². The van der Waals surface area contributed by atoms with Gasteiger partial charge >= 0.3 is 0 Å². The zero-order valence-corrected chi connectivity index (χ0v) is 18.6. The number of nitrogens with zero attached hydrogens (tertiary/aromatic N) is 3. The highest BCUT2D eigenvalue weighted by Gasteiger charge is 2.25. The Morgan fingerprint density at radius 2 is 2.00 bits per heavy atom. The second-order valence-corrected chi connectivity index (χ2v) is 8.30. The number of ether oxygens (including phenoxy) is 1. The molecule has 0 fully saturated rings. The molecule has 2 aromatic carbocycles. The van der Waals surface area contributed by atoms with Gasteiger partial charge in [-0.3, -0.25) is 19.7 Å². The van der Waals surface area contributed by atoms with Crippen molar-refractivity contribution in [1.82, 2.24) is 15.1 Å². The fourth-order valence-electron chi connectivity index (χ4n) is 3.40. The first-order valence-electron chi connectivity index (χ1n) is 10.1. The van der Waals surface area contributed by atoms with Gasteiger partial charge in [-0.05, 0) is 23.8 Å². The monoisotopic (exact) mass is 467 g/mol. The lowest BCUT2D eigenvalue weighted by Crippen LogP contribution is -2.28. The maximum atomic E-state index is 12.8. The van der Waals surface area contributed by atoms with Crippen molar-refractivity contribution >= 4 is 35.1 Å². The van der Waals surface area contributed by atoms with Gasteiger partial charge in [-0.1, -0.05) is 18.2 Å². The van der Waals surface area contributed by atoms with Crippen molar-refractivity contribution in [2.75, 3.05) is 12.4 Å². The van der Waals surface area contributed by atoms with Crippen LogP contribution in [0.4, 0.5) is 11.5 Å². The Hall–Kier alpha value is -3.86. The highest BCUT2D eigenvalue weighted by Crippen LogP contribution is 2.35. The second kappa shape index (κ2) is 9.74. The Morgan fingerprint density at radius 3 is 2.73 bits per heavy atom. The molecule has 0 unspecified atom stereocenters. The minimum absolute atomic E-state index is 0.0711. The zero-order chi connectivity index (χ0) is 23.4. The summed E-state index contributed by atoms with van der Waals surface area (Å²) in [4.78, 5) is 35.8. The average molecular weight is 468 g/mol. The number of anilines is 1. The van der Waals surface area contributed by atoms with Crippen LogP contribution in [0, 0.1) is 10.1 Å². The van der Waals surface area contributed by atoms with Gasteiger partial charge in [0.05, 0.1) is 17.7 Å². The van der Waals surface area contributed by atoms with Crippen molar-refractivity contribution in [2.45, 2.75) is 24.6 Å². The van der Waals surface area contributed by atoms with Crippen molar-refractivity contribution in [3.63, 3.8) is 0 Å². The number of carbonyl (C=O) groups is 2. The van der Waals surface area contributed by atoms with Gasteiger partial charge in [0, 0.05) is 41.3 Å². The molecular formula is C22H21N5O5S. The molecule has 10 nitrogen and oxygen atoms in total. The fraction of sp³-hybridized carbons (Fsp3) is 0.227. The van der Waals surface area contributed by atoms with E-state index in [2.05, 4.69) is 15.7 Å². The maximum absolute atomic E-state index is 12.8. The molecule has 0 bridgehead atoms. The summed E-state index contributed by atoms with van der Waals surface area (Å²) in [5.41, 5.74) is 2.58. The highest BCUT2D eigenvalue weighted by molar-refractivity contribution is 7.98. The molecule has 2 N–H and O–H groups in total. The van der Waals surface area contributed by atoms with Gasteiger partial charge < -0.3 is 15.4 Å². The van der Waals surface area contributed by atoms with E-state index in [4.69, 9.17) is 4.74 Å². The van der Waals surface area contributed by atoms with Crippen LogP contribution in [0.1, 0.15) is 27.2 Å². The number of nitro groups is 1. The first-order chi connectivity index (χ1) is 15.9. The fourth-order valence-corrected chi connectivity index (χ4v) is 4.43. The molecule has 0 atom stereocenters. The van der Waals surface area contributed by atoms with E-state index in [0.29, 0.717) is 23.9 Å². The number of rotatable bonds is 8. The average Bonchev–Trinajstić information content (AvgIpc) is 3.40. The quantitative estimate of drug-likeness (QED) is 0.385. The Balaban J connectivity index is 1.47. The molecule has 0 aliphatic carbocycles. The van der Waals surface area contributed by atoms with Crippen LogP contribution < -0.4 is 15.4 Å². The Kier molecular flexibility index (Phi) is 6.59. The Labute approximate surface area is 193 Å². The van der Waals surface area contributed by atoms with Crippen molar-refractivity contribution in [2.24, 2.45) is 0 Å². The van der Waals surface area contributed by atoms with Gasteiger partial charge in [-0.2, -0.15) is 16.9 Å². The van der Waals surface area contributed by atoms with E-state index in [9.17, 15) is 19.7 Å². The predicted molar refractivity (Wildman–Crippen MR) is 123 cm³/mol. The summed E-state index contributed by atoms with van der Waals surface area (Å²) in [5.74, 6) is 1.76. The maximum Gasteiger partial charge on any atom is 0.270 e. The largest absolute Gasteiger partial charge is 0.497 e. The van der Waals surface area contributed by atoms with Gasteiger partial charge in [-0.25, -0.2) is 4.68 Å². The normalized spacial score (nSPS) is 12.2. The van der Waals surface area contributed by atoms with Crippen LogP contribution in [0.15, 0.2) is 48.5 Å². The van der Waals surface area contributed by atoms with Crippen molar-refractivity contribution in [3.8, 4) is 5.75 Å². The summed E-state index contributed by atoms with van der Waals surface area (Å²) in [7, 11) is 1.59. The molecule has 1 aliphatic rings. The molecular weight excluding hydrogens is 446 g/mol. The standard InChI is InChI=1S/C22H21N5O5S/c1-32-17-7-5-14(6-8-17)10-23-20(28)11-26-21(18-12-33-13-19(18)25-26)24-22(29)15-3-2-4-16(9-15)27(30)31/h2-9H,10-13H2,1H3,(H,23,28)(H,24,29). The first-order valence-corrected chi connectivity index (χ1v) is 11.2. The molecule has 0 saturated carbocycles. The molecule has 3 aromatic rings. The number of hydrogen-bond acceptors (Lipinski definition) is 7. The number of nitro benzene ring substituents is 1. The highest BCUT2D eigenvalue weighted by atomic mass is 32.2. The predicted octanol–water partition coefficient (Wildman–Crippen LogP) is 3.12. The van der Waals surface area contributed by atoms with E-state index >= 15 is 0 Å². The molecule has 0 spiro atoms. The number of aromatic nitrogens is 2. The number of nitrogens with one attached hydrogen (secondary N) is 2. The molecule has 2 amide bonds. The number of amides is 2. The Morgan fingerprint density at radius 1 is 1.21 bits per heavy atom. The number of methoxy groups -OCH3 is 1. The second-order valence-electron chi connectivity index (χ2n) is 7.31. The summed E-state index contributed by atoms with van der Waals surface area (Å²) in [6.07, 6.45) is 0. The van der Waals surface area contributed by atoms with Gasteiger partial charge in [0.15, 0.2) is 0 Å². The third-order valence-electron chi connectivity index (χ3n) is 5.11. The van der Waals surface area contributed by atoms with Crippen molar-refractivity contribution in [3.05, 3.63) is 81.0 Å². The summed E-state index contributed by atoms with van der Waals surface area (Å²) in [6.45, 7) is 0.271. The summed E-state index contributed by atoms with van der Waals surface area (Å²) < 4.78 is 6.61. The molecule has 33 heavy (non-hydrogen) atoms. The van der Waals surface area contributed by atoms with Gasteiger partial charge in [-0.15, -0.1) is 0 Å². The number of benzene rings is 2. The van der Waals surface area contributed by atoms with Crippen LogP contribution in [-0.4, -0.2) is 33.6 Å². The number of fused-ring (bicyclic) bond motifs is 1. The minimum Gasteiger partial charge on any atom is -0.497 e. The van der Waals surface area contributed by atoms with Crippen molar-refractivity contribution < 1.29 is 19.2 Å². The van der Waals surface area contributed by atoms with Gasteiger partial charge in [0.1, 0.15) is 18.1 Å². The van der Waals surface area contributed by atoms with E-state index in [1.807, 2.05) is 24.3 Å². The van der Waals surface area contributed by atoms with E-state index in [1.165, 1.54) is 28.9 Å². The molecule has 2 heterocycles. The number of thioether (sulfide) groups is 1. The van der Waals surface area contributed by atoms with E-state index < -0.39 is 10.8 Å². The molecule has 1 aliphatic heterocycles. The SMILES string of the molecule is COc1ccc(CNC(=O)Cn2nc3c(c2NC(=O)c2cccc([N+](=O)[O-])c2)CSC3)cc1. The van der Waals surface area contributed by atoms with Crippen LogP contribution in [-0.2, 0) is 29.4 Å². The third-order valence-corrected chi connectivity index (χ3v) is 6.08.